The molecule has 1 aliphatic heterocycles. The van der Waals surface area contributed by atoms with Crippen LogP contribution in [0.2, 0.25) is 0 Å². The minimum atomic E-state index is -4.43. The van der Waals surface area contributed by atoms with E-state index < -0.39 is 34.8 Å². The smallest absolute Gasteiger partial charge is 0.354 e. The predicted octanol–water partition coefficient (Wildman–Crippen LogP) is 3.46. The van der Waals surface area contributed by atoms with Crippen LogP contribution < -0.4 is 15.5 Å². The van der Waals surface area contributed by atoms with Crippen LogP contribution in [0.15, 0.2) is 47.5 Å². The van der Waals surface area contributed by atoms with Gasteiger partial charge in [-0.1, -0.05) is 13.8 Å². The number of aromatic nitrogens is 1. The van der Waals surface area contributed by atoms with Crippen molar-refractivity contribution in [3.8, 4) is 0 Å². The zero-order chi connectivity index (χ0) is 23.0. The summed E-state index contributed by atoms with van der Waals surface area (Å²) in [6.45, 7) is 3.48. The second-order valence-electron chi connectivity index (χ2n) is 7.33. The SMILES string of the molecule is CNC(=O)c1cc(C(C)(C)C2NC(=O)N(c3ccc(SC(F)(F)F)cc3)C2=O)ccn1. The van der Waals surface area contributed by atoms with Gasteiger partial charge in [-0.15, -0.1) is 0 Å². The van der Waals surface area contributed by atoms with E-state index in [1.54, 1.807) is 26.0 Å². The van der Waals surface area contributed by atoms with Crippen molar-refractivity contribution in [1.29, 1.82) is 0 Å². The van der Waals surface area contributed by atoms with Gasteiger partial charge in [0.2, 0.25) is 0 Å². The first-order valence-corrected chi connectivity index (χ1v) is 9.94. The fourth-order valence-electron chi connectivity index (χ4n) is 3.26. The number of halogens is 3. The van der Waals surface area contributed by atoms with Gasteiger partial charge >= 0.3 is 11.5 Å². The normalized spacial score (nSPS) is 17.0. The molecule has 2 aromatic rings. The molecule has 4 amide bonds. The van der Waals surface area contributed by atoms with Gasteiger partial charge in [-0.3, -0.25) is 14.6 Å². The number of carbonyl (C=O) groups is 3. The van der Waals surface area contributed by atoms with Crippen LogP contribution in [0.4, 0.5) is 23.7 Å². The molecule has 2 N–H and O–H groups in total. The molecule has 1 fully saturated rings. The Morgan fingerprint density at radius 1 is 1.16 bits per heavy atom. The molecule has 1 aromatic carbocycles. The van der Waals surface area contributed by atoms with Gasteiger partial charge in [-0.25, -0.2) is 9.69 Å². The topological polar surface area (TPSA) is 91.4 Å². The van der Waals surface area contributed by atoms with Crippen LogP contribution in [0.5, 0.6) is 0 Å². The van der Waals surface area contributed by atoms with E-state index in [9.17, 15) is 27.6 Å². The summed E-state index contributed by atoms with van der Waals surface area (Å²) in [5.41, 5.74) is -4.40. The highest BCUT2D eigenvalue weighted by Crippen LogP contribution is 2.38. The third-order valence-corrected chi connectivity index (χ3v) is 5.69. The Bertz CT molecular complexity index is 1030. The summed E-state index contributed by atoms with van der Waals surface area (Å²) in [7, 11) is 1.47. The number of urea groups is 1. The predicted molar refractivity (Wildman–Crippen MR) is 109 cm³/mol. The van der Waals surface area contributed by atoms with E-state index >= 15 is 0 Å². The first-order chi connectivity index (χ1) is 14.4. The van der Waals surface area contributed by atoms with Gasteiger partial charge in [-0.2, -0.15) is 13.2 Å². The Hall–Kier alpha value is -3.08. The molecule has 0 bridgehead atoms. The van der Waals surface area contributed by atoms with Gasteiger partial charge in [0.05, 0.1) is 5.69 Å². The van der Waals surface area contributed by atoms with Crippen LogP contribution in [0.1, 0.15) is 29.9 Å². The van der Waals surface area contributed by atoms with E-state index in [2.05, 4.69) is 15.6 Å². The molecule has 0 spiro atoms. The second kappa shape index (κ2) is 8.22. The number of rotatable bonds is 5. The summed E-state index contributed by atoms with van der Waals surface area (Å²) in [5, 5.41) is 5.11. The molecule has 1 aromatic heterocycles. The lowest BCUT2D eigenvalue weighted by Crippen LogP contribution is -2.46. The summed E-state index contributed by atoms with van der Waals surface area (Å²) >= 11 is -0.281. The number of carbonyl (C=O) groups excluding carboxylic acids is 3. The number of alkyl halides is 3. The minimum absolute atomic E-state index is 0.0568. The van der Waals surface area contributed by atoms with Gasteiger partial charge in [0.1, 0.15) is 11.7 Å². The fourth-order valence-corrected chi connectivity index (χ4v) is 3.80. The van der Waals surface area contributed by atoms with Crippen LogP contribution >= 0.6 is 11.8 Å². The standard InChI is InChI=1S/C20H19F3N4O3S/c1-19(2,11-8-9-25-14(10-11)16(28)24-3)15-17(29)27(18(30)26-15)12-4-6-13(7-5-12)31-20(21,22)23/h4-10,15H,1-3H3,(H,24,28)(H,26,30). The number of hydrogen-bond acceptors (Lipinski definition) is 5. The van der Waals surface area contributed by atoms with E-state index in [1.807, 2.05) is 0 Å². The summed E-state index contributed by atoms with van der Waals surface area (Å²) < 4.78 is 37.5. The van der Waals surface area contributed by atoms with Crippen molar-refractivity contribution in [2.24, 2.45) is 0 Å². The van der Waals surface area contributed by atoms with Crippen molar-refractivity contribution in [2.75, 3.05) is 11.9 Å². The molecular weight excluding hydrogens is 433 g/mol. The molecule has 0 aliphatic carbocycles. The molecule has 164 valence electrons. The molecule has 31 heavy (non-hydrogen) atoms. The number of nitrogens with zero attached hydrogens (tertiary/aromatic N) is 2. The first-order valence-electron chi connectivity index (χ1n) is 9.13. The summed E-state index contributed by atoms with van der Waals surface area (Å²) in [6.07, 6.45) is 1.44. The monoisotopic (exact) mass is 452 g/mol. The average Bonchev–Trinajstić information content (AvgIpc) is 3.02. The van der Waals surface area contributed by atoms with E-state index in [1.165, 1.54) is 37.5 Å². The molecule has 1 unspecified atom stereocenters. The second-order valence-corrected chi connectivity index (χ2v) is 8.47. The van der Waals surface area contributed by atoms with Crippen molar-refractivity contribution in [3.05, 3.63) is 53.9 Å². The van der Waals surface area contributed by atoms with Gasteiger partial charge < -0.3 is 10.6 Å². The fraction of sp³-hybridized carbons (Fsp3) is 0.300. The van der Waals surface area contributed by atoms with Crippen molar-refractivity contribution >= 4 is 35.3 Å². The van der Waals surface area contributed by atoms with Crippen molar-refractivity contribution in [3.63, 3.8) is 0 Å². The molecule has 7 nitrogen and oxygen atoms in total. The van der Waals surface area contributed by atoms with Crippen LogP contribution in [0.3, 0.4) is 0 Å². The van der Waals surface area contributed by atoms with E-state index in [0.717, 1.165) is 4.90 Å². The van der Waals surface area contributed by atoms with Crippen molar-refractivity contribution in [1.82, 2.24) is 15.6 Å². The highest BCUT2D eigenvalue weighted by molar-refractivity contribution is 8.00. The maximum atomic E-state index is 13.1. The number of benzene rings is 1. The lowest BCUT2D eigenvalue weighted by molar-refractivity contribution is -0.119. The largest absolute Gasteiger partial charge is 0.446 e. The van der Waals surface area contributed by atoms with Crippen LogP contribution in [0.25, 0.3) is 0 Å². The average molecular weight is 452 g/mol. The third kappa shape index (κ3) is 4.66. The maximum absolute atomic E-state index is 13.1. The third-order valence-electron chi connectivity index (χ3n) is 4.95. The number of nitrogens with one attached hydrogen (secondary N) is 2. The lowest BCUT2D eigenvalue weighted by atomic mass is 9.77. The van der Waals surface area contributed by atoms with Crippen molar-refractivity contribution in [2.45, 2.75) is 35.7 Å². The Kier molecular flexibility index (Phi) is 5.99. The maximum Gasteiger partial charge on any atom is 0.446 e. The molecule has 2 heterocycles. The molecule has 3 rings (SSSR count). The first kappa shape index (κ1) is 22.6. The molecule has 0 saturated carbocycles. The summed E-state index contributed by atoms with van der Waals surface area (Å²) in [4.78, 5) is 42.4. The molecular formula is C20H19F3N4O3S. The highest BCUT2D eigenvalue weighted by atomic mass is 32.2. The number of thioether (sulfide) groups is 1. The van der Waals surface area contributed by atoms with Crippen LogP contribution in [-0.4, -0.2) is 41.4 Å². The zero-order valence-corrected chi connectivity index (χ0v) is 17.6. The summed E-state index contributed by atoms with van der Waals surface area (Å²) in [5.74, 6) is -0.942. The Morgan fingerprint density at radius 3 is 2.39 bits per heavy atom. The van der Waals surface area contributed by atoms with E-state index in [-0.39, 0.29) is 28.0 Å². The number of pyridine rings is 1. The molecule has 1 atom stereocenters. The quantitative estimate of drug-likeness (QED) is 0.536. The van der Waals surface area contributed by atoms with Crippen molar-refractivity contribution < 1.29 is 27.6 Å². The zero-order valence-electron chi connectivity index (χ0n) is 16.8. The number of amides is 4. The summed E-state index contributed by atoms with van der Waals surface area (Å²) in [6, 6.07) is 6.54. The van der Waals surface area contributed by atoms with E-state index in [0.29, 0.717) is 5.56 Å². The van der Waals surface area contributed by atoms with Crippen LogP contribution in [0, 0.1) is 0 Å². The Morgan fingerprint density at radius 2 is 1.81 bits per heavy atom. The molecule has 1 aliphatic rings. The van der Waals surface area contributed by atoms with Gasteiger partial charge in [0.25, 0.3) is 11.8 Å². The highest BCUT2D eigenvalue weighted by Gasteiger charge is 2.48. The number of anilines is 1. The minimum Gasteiger partial charge on any atom is -0.354 e. The molecule has 0 radical (unpaired) electrons. The number of imide groups is 1. The van der Waals surface area contributed by atoms with Crippen LogP contribution in [-0.2, 0) is 10.2 Å². The molecule has 1 saturated heterocycles. The van der Waals surface area contributed by atoms with E-state index in [4.69, 9.17) is 0 Å². The lowest BCUT2D eigenvalue weighted by Gasteiger charge is -2.30. The van der Waals surface area contributed by atoms with Gasteiger partial charge in [-0.05, 0) is 53.7 Å². The molecule has 11 heteroatoms. The van der Waals surface area contributed by atoms with Gasteiger partial charge in [0.15, 0.2) is 0 Å². The Balaban J connectivity index is 1.86. The Labute approximate surface area is 180 Å². The number of hydrogen-bond donors (Lipinski definition) is 2. The van der Waals surface area contributed by atoms with Gasteiger partial charge in [0, 0.05) is 23.6 Å².